The Hall–Kier alpha value is -5.11. The number of methoxy groups -OCH3 is 2. The van der Waals surface area contributed by atoms with E-state index in [0.717, 1.165) is 11.0 Å². The van der Waals surface area contributed by atoms with Crippen LogP contribution in [-0.2, 0) is 14.6 Å². The van der Waals surface area contributed by atoms with Crippen molar-refractivity contribution in [1.82, 2.24) is 9.88 Å². The van der Waals surface area contributed by atoms with E-state index in [4.69, 9.17) is 19.9 Å². The fourth-order valence-corrected chi connectivity index (χ4v) is 7.13. The number of aromatic nitrogens is 1. The highest BCUT2D eigenvalue weighted by Gasteiger charge is 2.40. The molecular formula is C34H37FN4O8S. The maximum absolute atomic E-state index is 15.9. The second-order valence-electron chi connectivity index (χ2n) is 11.7. The first-order valence-corrected chi connectivity index (χ1v) is 16.7. The smallest absolute Gasteiger partial charge is 0.411 e. The molecule has 2 amide bonds. The minimum absolute atomic E-state index is 0.0137. The quantitative estimate of drug-likeness (QED) is 0.211. The fourth-order valence-electron chi connectivity index (χ4n) is 5.84. The van der Waals surface area contributed by atoms with Crippen LogP contribution in [-0.4, -0.2) is 68.5 Å². The molecule has 0 unspecified atom stereocenters. The molecule has 1 saturated heterocycles. The van der Waals surface area contributed by atoms with Gasteiger partial charge in [0.1, 0.15) is 17.4 Å². The number of sulfone groups is 1. The predicted molar refractivity (Wildman–Crippen MR) is 178 cm³/mol. The van der Waals surface area contributed by atoms with Gasteiger partial charge in [0, 0.05) is 42.5 Å². The zero-order chi connectivity index (χ0) is 34.9. The Morgan fingerprint density at radius 3 is 2.44 bits per heavy atom. The lowest BCUT2D eigenvalue weighted by Gasteiger charge is -2.31. The molecule has 48 heavy (non-hydrogen) atoms. The number of nitrogen functional groups attached to an aromatic ring is 1. The first kappa shape index (κ1) is 34.2. The second-order valence-corrected chi connectivity index (χ2v) is 14.1. The third-order valence-corrected chi connectivity index (χ3v) is 10.7. The van der Waals surface area contributed by atoms with Gasteiger partial charge in [-0.05, 0) is 86.2 Å². The summed E-state index contributed by atoms with van der Waals surface area (Å²) in [5.41, 5.74) is 6.38. The van der Waals surface area contributed by atoms with E-state index in [1.54, 1.807) is 38.1 Å². The summed E-state index contributed by atoms with van der Waals surface area (Å²) in [5.74, 6) is -0.599. The highest BCUT2D eigenvalue weighted by molar-refractivity contribution is 7.92. The van der Waals surface area contributed by atoms with E-state index in [2.05, 4.69) is 4.98 Å². The molecule has 1 aromatic heterocycles. The van der Waals surface area contributed by atoms with Crippen molar-refractivity contribution >= 4 is 44.1 Å². The molecule has 2 heterocycles. The van der Waals surface area contributed by atoms with Crippen LogP contribution in [0.15, 0.2) is 65.7 Å². The Bertz CT molecular complexity index is 1990. The molecule has 1 fully saturated rings. The number of carbonyl (C=O) groups excluding carboxylic acids is 1. The van der Waals surface area contributed by atoms with Crippen LogP contribution in [0.1, 0.15) is 50.0 Å². The molecule has 1 aliphatic heterocycles. The Morgan fingerprint density at radius 2 is 1.77 bits per heavy atom. The van der Waals surface area contributed by atoms with Crippen LogP contribution >= 0.6 is 0 Å². The van der Waals surface area contributed by atoms with Crippen molar-refractivity contribution in [1.29, 1.82) is 0 Å². The zero-order valence-electron chi connectivity index (χ0n) is 27.1. The molecule has 0 radical (unpaired) electrons. The average Bonchev–Trinajstić information content (AvgIpc) is 3.56. The number of hydrogen-bond donors (Lipinski definition) is 2. The van der Waals surface area contributed by atoms with Crippen molar-refractivity contribution in [3.63, 3.8) is 0 Å². The van der Waals surface area contributed by atoms with Crippen molar-refractivity contribution < 1.29 is 41.7 Å². The number of carbonyl (C=O) groups is 2. The number of nitrogens with two attached hydrogens (primary N) is 1. The number of rotatable bonds is 10. The summed E-state index contributed by atoms with van der Waals surface area (Å²) in [6, 6.07) is 12.6. The highest BCUT2D eigenvalue weighted by Crippen LogP contribution is 2.42. The van der Waals surface area contributed by atoms with Gasteiger partial charge in [-0.15, -0.1) is 0 Å². The fraction of sp³-hybridized carbons (Fsp3) is 0.324. The van der Waals surface area contributed by atoms with Gasteiger partial charge >= 0.3 is 6.09 Å². The van der Waals surface area contributed by atoms with E-state index in [-0.39, 0.29) is 45.5 Å². The summed E-state index contributed by atoms with van der Waals surface area (Å²) in [5, 5.41) is 10.2. The first-order chi connectivity index (χ1) is 22.8. The summed E-state index contributed by atoms with van der Waals surface area (Å²) >= 11 is 0. The summed E-state index contributed by atoms with van der Waals surface area (Å²) in [4.78, 5) is 33.0. The van der Waals surface area contributed by atoms with Crippen LogP contribution in [0.5, 0.6) is 17.2 Å². The number of anilines is 2. The van der Waals surface area contributed by atoms with Gasteiger partial charge in [-0.1, -0.05) is 0 Å². The molecule has 12 nitrogen and oxygen atoms in total. The van der Waals surface area contributed by atoms with Gasteiger partial charge in [0.25, 0.3) is 5.91 Å². The molecule has 2 atom stereocenters. The molecule has 4 aromatic rings. The molecular weight excluding hydrogens is 643 g/mol. The maximum Gasteiger partial charge on any atom is 0.411 e. The standard InChI is InChI=1S/C34H37FN4O8S/c1-19(2)48(43,44)30-11-8-21(38(3)34(41)42)16-25(30)27-7-6-14-39(27)33(40)31(24-17-28(45-4)29(46-5)18-26(24)35)47-22-9-10-23-20(15-22)12-13-37-32(23)36/h8-13,15-19,27,31H,6-7,14H2,1-5H3,(H2,36,37)(H,41,42)/t27-,31-/m1/s1. The molecule has 1 aliphatic rings. The van der Waals surface area contributed by atoms with Gasteiger partial charge in [0.2, 0.25) is 6.10 Å². The molecule has 0 saturated carbocycles. The number of fused-ring (bicyclic) bond motifs is 1. The molecule has 5 rings (SSSR count). The summed E-state index contributed by atoms with van der Waals surface area (Å²) in [6.07, 6.45) is -0.385. The van der Waals surface area contributed by atoms with Gasteiger partial charge in [-0.2, -0.15) is 0 Å². The molecule has 3 N–H and O–H groups in total. The van der Waals surface area contributed by atoms with Crippen molar-refractivity contribution in [2.45, 2.75) is 49.0 Å². The monoisotopic (exact) mass is 680 g/mol. The van der Waals surface area contributed by atoms with Crippen LogP contribution in [0.25, 0.3) is 10.8 Å². The topological polar surface area (TPSA) is 162 Å². The predicted octanol–water partition coefficient (Wildman–Crippen LogP) is 5.75. The first-order valence-electron chi connectivity index (χ1n) is 15.2. The minimum Gasteiger partial charge on any atom is -0.493 e. The molecule has 14 heteroatoms. The lowest BCUT2D eigenvalue weighted by atomic mass is 10.0. The van der Waals surface area contributed by atoms with Crippen LogP contribution in [0.3, 0.4) is 0 Å². The number of pyridine rings is 1. The van der Waals surface area contributed by atoms with Gasteiger partial charge in [0.05, 0.1) is 30.4 Å². The second kappa shape index (κ2) is 13.6. The number of halogens is 1. The number of ether oxygens (including phenoxy) is 3. The van der Waals surface area contributed by atoms with Crippen LogP contribution in [0.2, 0.25) is 0 Å². The van der Waals surface area contributed by atoms with Gasteiger partial charge in [-0.3, -0.25) is 9.69 Å². The van der Waals surface area contributed by atoms with E-state index in [0.29, 0.717) is 29.4 Å². The normalized spacial score (nSPS) is 15.4. The molecule has 3 aromatic carbocycles. The van der Waals surface area contributed by atoms with E-state index >= 15 is 4.39 Å². The lowest BCUT2D eigenvalue weighted by Crippen LogP contribution is -2.38. The summed E-state index contributed by atoms with van der Waals surface area (Å²) < 4.78 is 59.9. The SMILES string of the molecule is COc1cc(F)c([C@@H](Oc2ccc3c(N)nccc3c2)C(=O)N2CCC[C@@H]2c2cc(N(C)C(=O)O)ccc2S(=O)(=O)C(C)C)cc1OC. The van der Waals surface area contributed by atoms with Gasteiger partial charge < -0.3 is 30.0 Å². The molecule has 254 valence electrons. The summed E-state index contributed by atoms with van der Waals surface area (Å²) in [6.45, 7) is 3.30. The summed E-state index contributed by atoms with van der Waals surface area (Å²) in [7, 11) is 0.216. The van der Waals surface area contributed by atoms with E-state index in [1.807, 2.05) is 0 Å². The van der Waals surface area contributed by atoms with E-state index in [1.165, 1.54) is 56.6 Å². The Balaban J connectivity index is 1.65. The van der Waals surface area contributed by atoms with Crippen molar-refractivity contribution in [3.05, 3.63) is 77.7 Å². The number of amides is 2. The number of carboxylic acid groups (broad SMARTS) is 1. The van der Waals surface area contributed by atoms with Gasteiger partial charge in [0.15, 0.2) is 21.3 Å². The lowest BCUT2D eigenvalue weighted by molar-refractivity contribution is -0.140. The number of nitrogens with zero attached hydrogens (tertiary/aromatic N) is 3. The van der Waals surface area contributed by atoms with Crippen LogP contribution < -0.4 is 24.8 Å². The third kappa shape index (κ3) is 6.39. The van der Waals surface area contributed by atoms with Crippen LogP contribution in [0, 0.1) is 5.82 Å². The van der Waals surface area contributed by atoms with Crippen molar-refractivity contribution in [2.24, 2.45) is 0 Å². The van der Waals surface area contributed by atoms with Crippen molar-refractivity contribution in [2.75, 3.05) is 38.4 Å². The van der Waals surface area contributed by atoms with Crippen molar-refractivity contribution in [3.8, 4) is 17.2 Å². The van der Waals surface area contributed by atoms with E-state index in [9.17, 15) is 23.1 Å². The Labute approximate surface area is 277 Å². The average molecular weight is 681 g/mol. The number of likely N-dealkylation sites (tertiary alicyclic amines) is 1. The minimum atomic E-state index is -3.87. The molecule has 0 aliphatic carbocycles. The van der Waals surface area contributed by atoms with Crippen LogP contribution in [0.4, 0.5) is 20.7 Å². The van der Waals surface area contributed by atoms with Gasteiger partial charge in [-0.25, -0.2) is 22.6 Å². The largest absolute Gasteiger partial charge is 0.493 e. The number of benzene rings is 3. The molecule has 0 bridgehead atoms. The highest BCUT2D eigenvalue weighted by atomic mass is 32.2. The van der Waals surface area contributed by atoms with E-state index < -0.39 is 45.1 Å². The maximum atomic E-state index is 15.9. The molecule has 0 spiro atoms. The zero-order valence-corrected chi connectivity index (χ0v) is 28.0. The Kier molecular flexibility index (Phi) is 9.66. The Morgan fingerprint density at radius 1 is 1.06 bits per heavy atom. The number of hydrogen-bond acceptors (Lipinski definition) is 9. The third-order valence-electron chi connectivity index (χ3n) is 8.52.